The molecule has 3 aromatic rings. The molecule has 0 fully saturated rings. The fourth-order valence-electron chi connectivity index (χ4n) is 3.52. The van der Waals surface area contributed by atoms with Crippen LogP contribution in [-0.2, 0) is 22.6 Å². The Morgan fingerprint density at radius 3 is 2.70 bits per heavy atom. The summed E-state index contributed by atoms with van der Waals surface area (Å²) < 4.78 is 66.1. The molecule has 0 unspecified atom stereocenters. The summed E-state index contributed by atoms with van der Waals surface area (Å²) in [7, 11) is -3.66. The number of anilines is 4. The molecule has 4 bridgehead atoms. The minimum Gasteiger partial charge on any atom is -0.370 e. The van der Waals surface area contributed by atoms with Gasteiger partial charge in [0.2, 0.25) is 16.0 Å². The number of fused-ring (bicyclic) bond motifs is 4. The molecule has 0 saturated heterocycles. The van der Waals surface area contributed by atoms with Crippen molar-refractivity contribution in [3.63, 3.8) is 0 Å². The molecule has 2 amide bonds. The number of amides is 2. The van der Waals surface area contributed by atoms with Crippen LogP contribution in [0.25, 0.3) is 0 Å². The molecule has 2 heterocycles. The first kappa shape index (κ1) is 26.2. The molecule has 1 aliphatic rings. The van der Waals surface area contributed by atoms with Crippen LogP contribution in [0.4, 0.5) is 41.1 Å². The molecule has 10 nitrogen and oxygen atoms in total. The maximum Gasteiger partial charge on any atom is 0.416 e. The molecule has 0 spiro atoms. The lowest BCUT2D eigenvalue weighted by Crippen LogP contribution is -2.30. The molecule has 0 radical (unpaired) electrons. The van der Waals surface area contributed by atoms with Gasteiger partial charge in [0, 0.05) is 42.8 Å². The van der Waals surface area contributed by atoms with Gasteiger partial charge >= 0.3 is 12.2 Å². The highest BCUT2D eigenvalue weighted by atomic mass is 32.2. The fourth-order valence-corrected chi connectivity index (χ4v) is 4.64. The molecular formula is C23H24F3N7O3S. The predicted octanol–water partition coefficient (Wildman–Crippen LogP) is 3.70. The van der Waals surface area contributed by atoms with Crippen LogP contribution in [-0.4, -0.2) is 44.1 Å². The molecule has 14 heteroatoms. The Balaban J connectivity index is 1.41. The molecule has 37 heavy (non-hydrogen) atoms. The Morgan fingerprint density at radius 1 is 1.08 bits per heavy atom. The van der Waals surface area contributed by atoms with Gasteiger partial charge in [-0.15, -0.1) is 0 Å². The van der Waals surface area contributed by atoms with Crippen molar-refractivity contribution in [2.45, 2.75) is 23.9 Å². The van der Waals surface area contributed by atoms with Gasteiger partial charge in [0.25, 0.3) is 0 Å². The Kier molecular flexibility index (Phi) is 7.78. The average Bonchev–Trinajstić information content (AvgIpc) is 2.85. The summed E-state index contributed by atoms with van der Waals surface area (Å²) in [4.78, 5) is 21.1. The van der Waals surface area contributed by atoms with Gasteiger partial charge in [-0.05, 0) is 49.2 Å². The van der Waals surface area contributed by atoms with E-state index in [4.69, 9.17) is 0 Å². The number of hydrogen-bond donors (Lipinski definition) is 5. The van der Waals surface area contributed by atoms with Crippen LogP contribution in [0.15, 0.2) is 59.6 Å². The SMILES string of the molecule is O=C(NCCc1cnc2nc1NCCCNS(=O)(=O)c1cccc(c1)N2)Nc1cccc(C(F)(F)F)c1. The minimum atomic E-state index is -4.51. The number of nitrogens with zero attached hydrogens (tertiary/aromatic N) is 2. The maximum atomic E-state index is 12.9. The third-order valence-electron chi connectivity index (χ3n) is 5.33. The van der Waals surface area contributed by atoms with Gasteiger partial charge in [-0.25, -0.2) is 22.9 Å². The normalized spacial score (nSPS) is 15.1. The van der Waals surface area contributed by atoms with Gasteiger partial charge in [0.05, 0.1) is 10.5 Å². The summed E-state index contributed by atoms with van der Waals surface area (Å²) in [5.41, 5.74) is 0.343. The lowest BCUT2D eigenvalue weighted by molar-refractivity contribution is -0.137. The lowest BCUT2D eigenvalue weighted by atomic mass is 10.2. The summed E-state index contributed by atoms with van der Waals surface area (Å²) in [6.45, 7) is 0.808. The van der Waals surface area contributed by atoms with Crippen LogP contribution in [0, 0.1) is 0 Å². The Bertz CT molecular complexity index is 1380. The first-order valence-electron chi connectivity index (χ1n) is 11.3. The van der Waals surface area contributed by atoms with Gasteiger partial charge in [-0.2, -0.15) is 18.2 Å². The van der Waals surface area contributed by atoms with Crippen LogP contribution in [0.1, 0.15) is 17.5 Å². The zero-order chi connectivity index (χ0) is 26.5. The van der Waals surface area contributed by atoms with Gasteiger partial charge in [0.1, 0.15) is 5.82 Å². The summed E-state index contributed by atoms with van der Waals surface area (Å²) in [6, 6.07) is 9.98. The highest BCUT2D eigenvalue weighted by molar-refractivity contribution is 7.89. The van der Waals surface area contributed by atoms with E-state index in [1.54, 1.807) is 18.3 Å². The van der Waals surface area contributed by atoms with Crippen molar-refractivity contribution in [3.8, 4) is 0 Å². The van der Waals surface area contributed by atoms with E-state index >= 15 is 0 Å². The number of urea groups is 1. The first-order chi connectivity index (χ1) is 17.6. The van der Waals surface area contributed by atoms with Crippen molar-refractivity contribution in [1.29, 1.82) is 0 Å². The van der Waals surface area contributed by atoms with Gasteiger partial charge in [-0.1, -0.05) is 12.1 Å². The van der Waals surface area contributed by atoms with E-state index in [2.05, 4.69) is 36.0 Å². The van der Waals surface area contributed by atoms with Crippen molar-refractivity contribution in [3.05, 3.63) is 65.9 Å². The van der Waals surface area contributed by atoms with Crippen LogP contribution >= 0.6 is 0 Å². The average molecular weight is 536 g/mol. The second-order valence-electron chi connectivity index (χ2n) is 8.11. The number of halogens is 3. The van der Waals surface area contributed by atoms with Crippen molar-refractivity contribution < 1.29 is 26.4 Å². The molecule has 0 atom stereocenters. The third kappa shape index (κ3) is 7.07. The van der Waals surface area contributed by atoms with Gasteiger partial charge < -0.3 is 21.3 Å². The van der Waals surface area contributed by atoms with E-state index in [0.717, 1.165) is 12.1 Å². The van der Waals surface area contributed by atoms with E-state index < -0.39 is 27.8 Å². The maximum absolute atomic E-state index is 12.9. The van der Waals surface area contributed by atoms with E-state index in [9.17, 15) is 26.4 Å². The Labute approximate surface area is 211 Å². The van der Waals surface area contributed by atoms with Gasteiger partial charge in [0.15, 0.2) is 0 Å². The summed E-state index contributed by atoms with van der Waals surface area (Å²) in [5, 5.41) is 11.1. The smallest absolute Gasteiger partial charge is 0.370 e. The molecular weight excluding hydrogens is 511 g/mol. The topological polar surface area (TPSA) is 137 Å². The lowest BCUT2D eigenvalue weighted by Gasteiger charge is -2.14. The summed E-state index contributed by atoms with van der Waals surface area (Å²) in [5.74, 6) is 0.763. The van der Waals surface area contributed by atoms with Crippen molar-refractivity contribution in [1.82, 2.24) is 20.0 Å². The minimum absolute atomic E-state index is 0.0190. The van der Waals surface area contributed by atoms with Crippen LogP contribution in [0.5, 0.6) is 0 Å². The number of aromatic nitrogens is 2. The van der Waals surface area contributed by atoms with Crippen LogP contribution < -0.4 is 26.0 Å². The zero-order valence-corrected chi connectivity index (χ0v) is 20.2. The summed E-state index contributed by atoms with van der Waals surface area (Å²) >= 11 is 0. The van der Waals surface area contributed by atoms with E-state index in [1.165, 1.54) is 24.3 Å². The number of sulfonamides is 1. The molecule has 1 aliphatic heterocycles. The number of benzene rings is 2. The standard InChI is InChI=1S/C23H24F3N7O3S/c24-23(25,26)16-4-1-5-17(12-16)32-22(34)28-11-8-15-14-29-21-31-18-6-2-7-19(13-18)37(35,36)30-10-3-9-27-20(15)33-21/h1-2,4-7,12-14,30H,3,8-11H2,(H2,28,32,34)(H2,27,29,31,33). The molecule has 0 aliphatic carbocycles. The molecule has 1 aromatic heterocycles. The molecule has 196 valence electrons. The van der Waals surface area contributed by atoms with E-state index in [1.807, 2.05) is 0 Å². The predicted molar refractivity (Wildman–Crippen MR) is 132 cm³/mol. The summed E-state index contributed by atoms with van der Waals surface area (Å²) in [6.07, 6.45) is -2.10. The number of carbonyl (C=O) groups excluding carboxylic acids is 1. The first-order valence-corrected chi connectivity index (χ1v) is 12.8. The van der Waals surface area contributed by atoms with Crippen molar-refractivity contribution >= 4 is 39.2 Å². The Hall–Kier alpha value is -3.91. The monoisotopic (exact) mass is 535 g/mol. The molecule has 5 N–H and O–H groups in total. The number of alkyl halides is 3. The second kappa shape index (κ2) is 11.0. The third-order valence-corrected chi connectivity index (χ3v) is 6.79. The van der Waals surface area contributed by atoms with E-state index in [-0.39, 0.29) is 29.6 Å². The molecule has 0 saturated carbocycles. The quantitative estimate of drug-likeness (QED) is 0.344. The van der Waals surface area contributed by atoms with Crippen molar-refractivity contribution in [2.75, 3.05) is 35.6 Å². The molecule has 4 rings (SSSR count). The van der Waals surface area contributed by atoms with Crippen LogP contribution in [0.3, 0.4) is 0 Å². The highest BCUT2D eigenvalue weighted by Gasteiger charge is 2.30. The molecule has 2 aromatic carbocycles. The Morgan fingerprint density at radius 2 is 1.89 bits per heavy atom. The number of nitrogens with one attached hydrogen (secondary N) is 5. The number of carbonyl (C=O) groups is 1. The van der Waals surface area contributed by atoms with Crippen molar-refractivity contribution in [2.24, 2.45) is 0 Å². The van der Waals surface area contributed by atoms with Crippen LogP contribution in [0.2, 0.25) is 0 Å². The second-order valence-corrected chi connectivity index (χ2v) is 9.87. The number of hydrogen-bond acceptors (Lipinski definition) is 7. The zero-order valence-electron chi connectivity index (χ0n) is 19.4. The van der Waals surface area contributed by atoms with Gasteiger partial charge in [-0.3, -0.25) is 0 Å². The largest absolute Gasteiger partial charge is 0.416 e. The fraction of sp³-hybridized carbons (Fsp3) is 0.261. The van der Waals surface area contributed by atoms with E-state index in [0.29, 0.717) is 36.5 Å². The highest BCUT2D eigenvalue weighted by Crippen LogP contribution is 2.30. The number of rotatable bonds is 4.